The third-order valence-corrected chi connectivity index (χ3v) is 4.86. The standard InChI is InChI=1S/C17H11F2N2.C11H8N.Ir/c1-11-7-17(12-4-5-15(18)16(19)8-12)21-10-14(11)13-3-2-6-20-9-13;1-2-6-10(7-3-1)11-8-4-5-9-12-11;/h2-7,9-10H,1H3;1-6,8-9H;/q2*-1;. The summed E-state index contributed by atoms with van der Waals surface area (Å²) in [6.07, 6.45) is 6.96. The van der Waals surface area contributed by atoms with Crippen LogP contribution in [0.4, 0.5) is 8.78 Å². The molecule has 1 radical (unpaired) electrons. The van der Waals surface area contributed by atoms with Gasteiger partial charge in [-0.15, -0.1) is 59.7 Å². The number of hydrogen-bond acceptors (Lipinski definition) is 3. The van der Waals surface area contributed by atoms with Crippen LogP contribution in [-0.4, -0.2) is 15.0 Å². The van der Waals surface area contributed by atoms with E-state index in [-0.39, 0.29) is 20.1 Å². The van der Waals surface area contributed by atoms with E-state index >= 15 is 0 Å². The zero-order valence-electron chi connectivity index (χ0n) is 18.2. The summed E-state index contributed by atoms with van der Waals surface area (Å²) >= 11 is 0. The predicted octanol–water partition coefficient (Wildman–Crippen LogP) is 6.74. The number of rotatable bonds is 3. The summed E-state index contributed by atoms with van der Waals surface area (Å²) < 4.78 is 26.2. The smallest absolute Gasteiger partial charge is 0.0751 e. The summed E-state index contributed by atoms with van der Waals surface area (Å²) in [6.45, 7) is 1.94. The van der Waals surface area contributed by atoms with Crippen molar-refractivity contribution in [3.05, 3.63) is 127 Å². The molecule has 0 saturated heterocycles. The van der Waals surface area contributed by atoms with Crippen molar-refractivity contribution in [2.45, 2.75) is 6.92 Å². The molecule has 3 nitrogen and oxygen atoms in total. The summed E-state index contributed by atoms with van der Waals surface area (Å²) in [5.74, 6) is -1.91. The van der Waals surface area contributed by atoms with Crippen LogP contribution >= 0.6 is 0 Å². The van der Waals surface area contributed by atoms with Crippen molar-refractivity contribution in [3.63, 3.8) is 0 Å². The van der Waals surface area contributed by atoms with Gasteiger partial charge in [0.15, 0.2) is 0 Å². The minimum absolute atomic E-state index is 0. The molecule has 2 aromatic carbocycles. The number of nitrogens with zero attached hydrogens (tertiary/aromatic N) is 3. The summed E-state index contributed by atoms with van der Waals surface area (Å²) in [7, 11) is 0. The maximum atomic E-state index is 13.2. The summed E-state index contributed by atoms with van der Waals surface area (Å²) in [4.78, 5) is 12.6. The maximum absolute atomic E-state index is 13.2. The van der Waals surface area contributed by atoms with Crippen molar-refractivity contribution in [2.75, 3.05) is 0 Å². The fraction of sp³-hybridized carbons (Fsp3) is 0.0357. The van der Waals surface area contributed by atoms with E-state index in [1.165, 1.54) is 6.07 Å². The molecule has 0 bridgehead atoms. The zero-order valence-corrected chi connectivity index (χ0v) is 20.6. The molecule has 5 rings (SSSR count). The molecule has 3 aromatic heterocycles. The number of halogens is 2. The molecule has 0 amide bonds. The Morgan fingerprint density at radius 2 is 1.62 bits per heavy atom. The van der Waals surface area contributed by atoms with Gasteiger partial charge in [-0.1, -0.05) is 24.3 Å². The second kappa shape index (κ2) is 12.0. The number of hydrogen-bond donors (Lipinski definition) is 0. The van der Waals surface area contributed by atoms with Crippen LogP contribution in [0, 0.1) is 30.7 Å². The first-order valence-corrected chi connectivity index (χ1v) is 10.2. The number of pyridine rings is 3. The van der Waals surface area contributed by atoms with Gasteiger partial charge in [-0.05, 0) is 36.0 Å². The quantitative estimate of drug-likeness (QED) is 0.208. The van der Waals surface area contributed by atoms with E-state index in [4.69, 9.17) is 0 Å². The maximum Gasteiger partial charge on any atom is 0.0751 e. The van der Waals surface area contributed by atoms with Crippen molar-refractivity contribution in [1.82, 2.24) is 15.0 Å². The van der Waals surface area contributed by atoms with E-state index in [1.807, 2.05) is 67.6 Å². The Labute approximate surface area is 210 Å². The molecule has 0 atom stereocenters. The third kappa shape index (κ3) is 6.25. The van der Waals surface area contributed by atoms with Crippen molar-refractivity contribution in [2.24, 2.45) is 0 Å². The Morgan fingerprint density at radius 1 is 0.765 bits per heavy atom. The second-order valence-corrected chi connectivity index (χ2v) is 7.15. The van der Waals surface area contributed by atoms with Crippen LogP contribution in [0.25, 0.3) is 33.6 Å². The van der Waals surface area contributed by atoms with Crippen LogP contribution in [0.1, 0.15) is 5.56 Å². The fourth-order valence-corrected chi connectivity index (χ4v) is 3.20. The van der Waals surface area contributed by atoms with Crippen molar-refractivity contribution < 1.29 is 28.9 Å². The average molecular weight is 628 g/mol. The van der Waals surface area contributed by atoms with E-state index in [0.717, 1.165) is 34.0 Å². The van der Waals surface area contributed by atoms with E-state index in [0.29, 0.717) is 11.3 Å². The average Bonchev–Trinajstić information content (AvgIpc) is 2.88. The van der Waals surface area contributed by atoms with Gasteiger partial charge in [-0.2, -0.15) is 0 Å². The monoisotopic (exact) mass is 628 g/mol. The van der Waals surface area contributed by atoms with Gasteiger partial charge < -0.3 is 9.97 Å². The van der Waals surface area contributed by atoms with E-state index < -0.39 is 11.6 Å². The van der Waals surface area contributed by atoms with E-state index in [9.17, 15) is 8.78 Å². The molecule has 5 aromatic rings. The van der Waals surface area contributed by atoms with E-state index in [1.54, 1.807) is 24.8 Å². The Morgan fingerprint density at radius 3 is 2.26 bits per heavy atom. The topological polar surface area (TPSA) is 38.7 Å². The number of aromatic nitrogens is 3. The molecule has 0 N–H and O–H groups in total. The van der Waals surface area contributed by atoms with Crippen LogP contribution in [0.15, 0.2) is 97.6 Å². The van der Waals surface area contributed by atoms with E-state index in [2.05, 4.69) is 27.1 Å². The first kappa shape index (κ1) is 25.0. The van der Waals surface area contributed by atoms with Crippen LogP contribution < -0.4 is 0 Å². The minimum Gasteiger partial charge on any atom is -0.305 e. The Hall–Kier alpha value is -3.60. The molecule has 0 aliphatic rings. The van der Waals surface area contributed by atoms with Crippen LogP contribution in [0.3, 0.4) is 0 Å². The molecular formula is C28H19F2IrN3-2. The first-order valence-electron chi connectivity index (χ1n) is 10.2. The second-order valence-electron chi connectivity index (χ2n) is 7.15. The molecular weight excluding hydrogens is 609 g/mol. The molecule has 0 aliphatic heterocycles. The summed E-state index contributed by atoms with van der Waals surface area (Å²) in [5, 5.41) is 0. The fourth-order valence-electron chi connectivity index (χ4n) is 3.20. The molecule has 0 saturated carbocycles. The summed E-state index contributed by atoms with van der Waals surface area (Å²) in [6, 6.07) is 27.3. The van der Waals surface area contributed by atoms with Gasteiger partial charge in [-0.25, -0.2) is 4.39 Å². The molecule has 0 spiro atoms. The zero-order chi connectivity index (χ0) is 23.0. The van der Waals surface area contributed by atoms with Gasteiger partial charge in [0, 0.05) is 56.0 Å². The number of aryl methyl sites for hydroxylation is 1. The van der Waals surface area contributed by atoms with Crippen molar-refractivity contribution in [1.29, 1.82) is 0 Å². The Balaban J connectivity index is 0.000000212. The molecule has 0 aliphatic carbocycles. The SMILES string of the molecule is Cc1cc(-c2[c-]c(F)c(F)cc2)ncc1-c1cccnc1.[Ir].[c-]1ccccc1-c1ccccn1. The van der Waals surface area contributed by atoms with Gasteiger partial charge in [-0.3, -0.25) is 9.37 Å². The van der Waals surface area contributed by atoms with Crippen LogP contribution in [0.2, 0.25) is 0 Å². The molecule has 0 unspecified atom stereocenters. The van der Waals surface area contributed by atoms with Crippen molar-refractivity contribution in [3.8, 4) is 33.6 Å². The van der Waals surface area contributed by atoms with Crippen LogP contribution in [-0.2, 0) is 20.1 Å². The normalized spacial score (nSPS) is 9.97. The largest absolute Gasteiger partial charge is 0.305 e. The van der Waals surface area contributed by atoms with Gasteiger partial charge in [0.25, 0.3) is 0 Å². The molecule has 171 valence electrons. The summed E-state index contributed by atoms with van der Waals surface area (Å²) in [5.41, 5.74) is 5.88. The van der Waals surface area contributed by atoms with Crippen LogP contribution in [0.5, 0.6) is 0 Å². The Kier molecular flexibility index (Phi) is 8.86. The van der Waals surface area contributed by atoms with Gasteiger partial charge >= 0.3 is 0 Å². The number of benzene rings is 2. The van der Waals surface area contributed by atoms with Gasteiger partial charge in [0.2, 0.25) is 0 Å². The minimum atomic E-state index is -0.997. The Bertz CT molecular complexity index is 1290. The third-order valence-electron chi connectivity index (χ3n) is 4.86. The molecule has 6 heteroatoms. The van der Waals surface area contributed by atoms with Gasteiger partial charge in [0.1, 0.15) is 0 Å². The molecule has 0 fully saturated rings. The van der Waals surface area contributed by atoms with Gasteiger partial charge in [0.05, 0.1) is 11.6 Å². The van der Waals surface area contributed by atoms with Crippen molar-refractivity contribution >= 4 is 0 Å². The molecule has 3 heterocycles. The molecule has 34 heavy (non-hydrogen) atoms. The first-order chi connectivity index (χ1) is 16.1. The predicted molar refractivity (Wildman–Crippen MR) is 125 cm³/mol.